The molecule has 154 valence electrons. The Hall–Kier alpha value is -3.32. The maximum Gasteiger partial charge on any atom is 0.333 e. The first-order valence-corrected chi connectivity index (χ1v) is 9.82. The Balaban J connectivity index is 1.80. The third-order valence-electron chi connectivity index (χ3n) is 4.69. The van der Waals surface area contributed by atoms with E-state index in [-0.39, 0.29) is 6.79 Å². The molecule has 7 nitrogen and oxygen atoms in total. The van der Waals surface area contributed by atoms with Crippen molar-refractivity contribution < 1.29 is 19.0 Å². The summed E-state index contributed by atoms with van der Waals surface area (Å²) in [6.45, 7) is 3.93. The number of aromatic nitrogens is 2. The summed E-state index contributed by atoms with van der Waals surface area (Å²) in [7, 11) is 0. The Bertz CT molecular complexity index is 1180. The maximum absolute atomic E-state index is 12.0. The molecule has 0 saturated heterocycles. The van der Waals surface area contributed by atoms with Gasteiger partial charge >= 0.3 is 5.97 Å². The Morgan fingerprint density at radius 1 is 1.23 bits per heavy atom. The van der Waals surface area contributed by atoms with Crippen molar-refractivity contribution in [3.05, 3.63) is 58.0 Å². The van der Waals surface area contributed by atoms with Crippen LogP contribution < -0.4 is 15.2 Å². The highest BCUT2D eigenvalue weighted by atomic mass is 35.5. The van der Waals surface area contributed by atoms with Gasteiger partial charge in [0.15, 0.2) is 17.3 Å². The van der Waals surface area contributed by atoms with Gasteiger partial charge in [0.05, 0.1) is 28.5 Å². The van der Waals surface area contributed by atoms with Crippen molar-refractivity contribution in [3.8, 4) is 11.5 Å². The summed E-state index contributed by atoms with van der Waals surface area (Å²) in [5.74, 6) is 1.39. The molecule has 3 aromatic rings. The Morgan fingerprint density at radius 2 is 2.03 bits per heavy atom. The largest absolute Gasteiger partial charge is 0.463 e. The van der Waals surface area contributed by atoms with Gasteiger partial charge in [0, 0.05) is 17.4 Å². The van der Waals surface area contributed by atoms with Crippen LogP contribution in [0.4, 0.5) is 5.69 Å². The van der Waals surface area contributed by atoms with Crippen LogP contribution >= 0.6 is 11.6 Å². The first-order chi connectivity index (χ1) is 14.5. The smallest absolute Gasteiger partial charge is 0.333 e. The van der Waals surface area contributed by atoms with Gasteiger partial charge in [-0.15, -0.1) is 0 Å². The van der Waals surface area contributed by atoms with Crippen LogP contribution in [-0.4, -0.2) is 29.3 Å². The van der Waals surface area contributed by atoms with Gasteiger partial charge in [0.1, 0.15) is 0 Å². The van der Waals surface area contributed by atoms with Crippen molar-refractivity contribution >= 4 is 40.2 Å². The van der Waals surface area contributed by atoms with Gasteiger partial charge in [-0.3, -0.25) is 0 Å². The molecule has 0 spiro atoms. The lowest BCUT2D eigenvalue weighted by atomic mass is 10.0. The van der Waals surface area contributed by atoms with E-state index in [9.17, 15) is 4.79 Å². The summed E-state index contributed by atoms with van der Waals surface area (Å²) >= 11 is 6.25. The highest BCUT2D eigenvalue weighted by molar-refractivity contribution is 6.34. The zero-order chi connectivity index (χ0) is 21.3. The summed E-state index contributed by atoms with van der Waals surface area (Å²) in [6, 6.07) is 9.21. The van der Waals surface area contributed by atoms with E-state index >= 15 is 0 Å². The molecule has 1 aliphatic rings. The van der Waals surface area contributed by atoms with E-state index in [1.54, 1.807) is 32.1 Å². The summed E-state index contributed by atoms with van der Waals surface area (Å²) in [5.41, 5.74) is 9.39. The monoisotopic (exact) mass is 425 g/mol. The molecule has 2 heterocycles. The van der Waals surface area contributed by atoms with Gasteiger partial charge in [-0.2, -0.15) is 0 Å². The quantitative estimate of drug-likeness (QED) is 0.372. The van der Waals surface area contributed by atoms with E-state index in [2.05, 4.69) is 9.97 Å². The standard InChI is InChI=1S/C22H20ClN3O4/c1-3-28-22(27)12(2)8-19-25-15-6-5-14(23)21(24)20(15)16(26-19)9-13-4-7-17-18(10-13)30-11-29-17/h4-8,10H,3,9,11,24H2,1-2H3/b12-8+. The first-order valence-electron chi connectivity index (χ1n) is 9.44. The summed E-state index contributed by atoms with van der Waals surface area (Å²) < 4.78 is 15.9. The molecule has 0 atom stereocenters. The number of anilines is 1. The third-order valence-corrected chi connectivity index (χ3v) is 5.02. The van der Waals surface area contributed by atoms with E-state index in [0.717, 1.165) is 5.56 Å². The van der Waals surface area contributed by atoms with Gasteiger partial charge in [0.25, 0.3) is 0 Å². The molecule has 0 radical (unpaired) electrons. The number of nitrogens with zero attached hydrogens (tertiary/aromatic N) is 2. The topological polar surface area (TPSA) is 96.6 Å². The van der Waals surface area contributed by atoms with Crippen LogP contribution in [0.3, 0.4) is 0 Å². The fourth-order valence-corrected chi connectivity index (χ4v) is 3.41. The number of nitrogen functional groups attached to an aromatic ring is 1. The molecule has 1 aliphatic heterocycles. The van der Waals surface area contributed by atoms with Crippen LogP contribution in [0.2, 0.25) is 5.02 Å². The first kappa shape index (κ1) is 20.0. The number of rotatable bonds is 5. The van der Waals surface area contributed by atoms with Crippen molar-refractivity contribution in [1.29, 1.82) is 0 Å². The molecule has 4 rings (SSSR count). The van der Waals surface area contributed by atoms with Crippen LogP contribution in [-0.2, 0) is 16.0 Å². The number of carbonyl (C=O) groups excluding carboxylic acids is 1. The van der Waals surface area contributed by atoms with Crippen molar-refractivity contribution in [3.63, 3.8) is 0 Å². The third kappa shape index (κ3) is 3.89. The highest BCUT2D eigenvalue weighted by Gasteiger charge is 2.17. The predicted octanol–water partition coefficient (Wildman–Crippen LogP) is 4.15. The minimum absolute atomic E-state index is 0.208. The van der Waals surface area contributed by atoms with E-state index in [4.69, 9.17) is 31.5 Å². The van der Waals surface area contributed by atoms with Gasteiger partial charge in [-0.1, -0.05) is 17.7 Å². The summed E-state index contributed by atoms with van der Waals surface area (Å²) in [6.07, 6.45) is 2.07. The highest BCUT2D eigenvalue weighted by Crippen LogP contribution is 2.35. The molecule has 0 fully saturated rings. The second kappa shape index (κ2) is 8.20. The number of esters is 1. The molecule has 2 aromatic carbocycles. The van der Waals surface area contributed by atoms with Crippen molar-refractivity contribution in [1.82, 2.24) is 9.97 Å². The van der Waals surface area contributed by atoms with E-state index in [0.29, 0.717) is 63.2 Å². The number of fused-ring (bicyclic) bond motifs is 2. The lowest BCUT2D eigenvalue weighted by molar-refractivity contribution is -0.138. The average Bonchev–Trinajstić information content (AvgIpc) is 3.18. The predicted molar refractivity (Wildman–Crippen MR) is 115 cm³/mol. The Kier molecular flexibility index (Phi) is 5.46. The molecule has 2 N–H and O–H groups in total. The molecule has 0 amide bonds. The summed E-state index contributed by atoms with van der Waals surface area (Å²) in [5, 5.41) is 1.12. The number of hydrogen-bond donors (Lipinski definition) is 1. The zero-order valence-electron chi connectivity index (χ0n) is 16.6. The van der Waals surface area contributed by atoms with Crippen LogP contribution in [0.15, 0.2) is 35.9 Å². The second-order valence-electron chi connectivity index (χ2n) is 6.80. The zero-order valence-corrected chi connectivity index (χ0v) is 17.3. The molecule has 0 aliphatic carbocycles. The number of benzene rings is 2. The molecule has 0 bridgehead atoms. The van der Waals surface area contributed by atoms with Crippen LogP contribution in [0, 0.1) is 0 Å². The van der Waals surface area contributed by atoms with Gasteiger partial charge in [-0.25, -0.2) is 14.8 Å². The minimum Gasteiger partial charge on any atom is -0.463 e. The van der Waals surface area contributed by atoms with Gasteiger partial charge in [0.2, 0.25) is 6.79 Å². The minimum atomic E-state index is -0.408. The van der Waals surface area contributed by atoms with Crippen LogP contribution in [0.1, 0.15) is 30.9 Å². The van der Waals surface area contributed by atoms with Crippen LogP contribution in [0.5, 0.6) is 11.5 Å². The molecule has 0 unspecified atom stereocenters. The number of nitrogens with two attached hydrogens (primary N) is 1. The molecule has 1 aromatic heterocycles. The lowest BCUT2D eigenvalue weighted by Crippen LogP contribution is -2.06. The average molecular weight is 426 g/mol. The SMILES string of the molecule is CCOC(=O)/C(C)=C/c1nc(Cc2ccc3c(c2)OCO3)c2c(N)c(Cl)ccc2n1. The fourth-order valence-electron chi connectivity index (χ4n) is 3.26. The van der Waals surface area contributed by atoms with E-state index < -0.39 is 5.97 Å². The molecule has 30 heavy (non-hydrogen) atoms. The van der Waals surface area contributed by atoms with E-state index in [1.807, 2.05) is 18.2 Å². The fraction of sp³-hybridized carbons (Fsp3) is 0.227. The van der Waals surface area contributed by atoms with Crippen molar-refractivity contribution in [2.24, 2.45) is 0 Å². The molecular formula is C22H20ClN3O4. The van der Waals surface area contributed by atoms with Crippen LogP contribution in [0.25, 0.3) is 17.0 Å². The number of halogens is 1. The van der Waals surface area contributed by atoms with Crippen molar-refractivity contribution in [2.75, 3.05) is 19.1 Å². The normalized spacial score (nSPS) is 13.0. The lowest BCUT2D eigenvalue weighted by Gasteiger charge is -2.11. The molecule has 8 heteroatoms. The van der Waals surface area contributed by atoms with Gasteiger partial charge in [-0.05, 0) is 49.8 Å². The Morgan fingerprint density at radius 3 is 2.83 bits per heavy atom. The number of carbonyl (C=O) groups is 1. The summed E-state index contributed by atoms with van der Waals surface area (Å²) in [4.78, 5) is 21.2. The molecular weight excluding hydrogens is 406 g/mol. The Labute approximate surface area is 178 Å². The second-order valence-corrected chi connectivity index (χ2v) is 7.20. The van der Waals surface area contributed by atoms with Gasteiger partial charge < -0.3 is 19.9 Å². The number of ether oxygens (including phenoxy) is 3. The molecule has 0 saturated carbocycles. The van der Waals surface area contributed by atoms with Crippen molar-refractivity contribution in [2.45, 2.75) is 20.3 Å². The maximum atomic E-state index is 12.0. The number of hydrogen-bond acceptors (Lipinski definition) is 7. The van der Waals surface area contributed by atoms with E-state index in [1.165, 1.54) is 0 Å².